The van der Waals surface area contributed by atoms with Crippen molar-refractivity contribution < 1.29 is 38.9 Å². The molecule has 0 aliphatic heterocycles. The summed E-state index contributed by atoms with van der Waals surface area (Å²) >= 11 is 0. The Morgan fingerprint density at radius 3 is 2.00 bits per heavy atom. The van der Waals surface area contributed by atoms with E-state index in [9.17, 15) is 14.7 Å². The number of carbonyl (C=O) groups is 2. The number of benzene rings is 1. The molecule has 0 fully saturated rings. The van der Waals surface area contributed by atoms with Crippen LogP contribution in [-0.2, 0) is 29.0 Å². The summed E-state index contributed by atoms with van der Waals surface area (Å²) in [6, 6.07) is 9.55. The third-order valence-electron chi connectivity index (χ3n) is 1.84. The average Bonchev–Trinajstić information content (AvgIpc) is 2.30. The second kappa shape index (κ2) is 9.68. The second-order valence-electron chi connectivity index (χ2n) is 4.55. The predicted octanol–water partition coefficient (Wildman–Crippen LogP) is 1.44. The van der Waals surface area contributed by atoms with Gasteiger partial charge in [-0.15, -0.1) is 0 Å². The van der Waals surface area contributed by atoms with Crippen LogP contribution >= 0.6 is 0 Å². The largest absolute Gasteiger partial charge is 2.00 e. The third kappa shape index (κ3) is 9.37. The molecule has 0 unspecified atom stereocenters. The van der Waals surface area contributed by atoms with Gasteiger partial charge in [-0.05, 0) is 12.5 Å². The van der Waals surface area contributed by atoms with E-state index in [0.29, 0.717) is 12.2 Å². The molecule has 0 saturated heterocycles. The predicted molar refractivity (Wildman–Crippen MR) is 65.7 cm³/mol. The van der Waals surface area contributed by atoms with Gasteiger partial charge in [0.15, 0.2) is 0 Å². The van der Waals surface area contributed by atoms with E-state index >= 15 is 0 Å². The zero-order valence-corrected chi connectivity index (χ0v) is 14.8. The number of hydrogen-bond acceptors (Lipinski definition) is 4. The van der Waals surface area contributed by atoms with Crippen LogP contribution in [0.3, 0.4) is 0 Å². The molecule has 1 aromatic rings. The van der Waals surface area contributed by atoms with Crippen LogP contribution in [0, 0.1) is 11.5 Å². The first-order chi connectivity index (χ1) is 8.29. The fourth-order valence-electron chi connectivity index (χ4n) is 0.737. The minimum atomic E-state index is -1.01. The average molecular weight is 316 g/mol. The van der Waals surface area contributed by atoms with E-state index < -0.39 is 11.4 Å². The molecular formula is C14H18O4Zn. The number of hydrogen-bond donors (Lipinski definition) is 0. The summed E-state index contributed by atoms with van der Waals surface area (Å²) in [4.78, 5) is 20.9. The summed E-state index contributed by atoms with van der Waals surface area (Å²) in [7, 11) is 0. The molecule has 0 aliphatic rings. The smallest absolute Gasteiger partial charge is 0.550 e. The number of aliphatic carboxylic acids is 1. The molecule has 5 heteroatoms. The molecule has 100 valence electrons. The summed E-state index contributed by atoms with van der Waals surface area (Å²) in [5.74, 6) is -1.28. The van der Waals surface area contributed by atoms with Crippen molar-refractivity contribution >= 4 is 11.9 Å². The second-order valence-corrected chi connectivity index (χ2v) is 4.55. The van der Waals surface area contributed by atoms with Gasteiger partial charge in [0.25, 0.3) is 0 Å². The molecule has 0 N–H and O–H groups in total. The molecule has 0 spiro atoms. The van der Waals surface area contributed by atoms with Crippen LogP contribution in [0.4, 0.5) is 0 Å². The topological polar surface area (TPSA) is 66.4 Å². The minimum Gasteiger partial charge on any atom is -0.550 e. The van der Waals surface area contributed by atoms with E-state index in [-0.39, 0.29) is 25.4 Å². The molecule has 0 saturated carbocycles. The van der Waals surface area contributed by atoms with Crippen molar-refractivity contribution in [3.8, 4) is 0 Å². The zero-order chi connectivity index (χ0) is 14.2. The molecule has 1 rings (SSSR count). The summed E-state index contributed by atoms with van der Waals surface area (Å²) in [5.41, 5.74) is -0.120. The minimum absolute atomic E-state index is 0. The Morgan fingerprint density at radius 1 is 1.26 bits per heavy atom. The maximum absolute atomic E-state index is 11.0. The van der Waals surface area contributed by atoms with Crippen LogP contribution in [-0.4, -0.2) is 18.5 Å². The number of ether oxygens (including phenoxy) is 1. The molecule has 0 bridgehead atoms. The standard InChI is InChI=1S/C9H9O2.C5H10O2.Zn/c1-2-11-9(10)8-6-4-3-5-7-8;1-5(2,3)4(6)7;/h4-7H,2H2,1H3;1-3H3,(H,6,7);/q-1;;+2/p-1. The Morgan fingerprint density at radius 2 is 1.68 bits per heavy atom. The van der Waals surface area contributed by atoms with Crippen molar-refractivity contribution in [1.29, 1.82) is 0 Å². The van der Waals surface area contributed by atoms with E-state index in [1.54, 1.807) is 52.0 Å². The monoisotopic (exact) mass is 314 g/mol. The van der Waals surface area contributed by atoms with Crippen molar-refractivity contribution in [2.24, 2.45) is 5.41 Å². The number of carbonyl (C=O) groups excluding carboxylic acids is 2. The Hall–Kier alpha value is -1.22. The van der Waals surface area contributed by atoms with E-state index in [1.165, 1.54) is 0 Å². The van der Waals surface area contributed by atoms with E-state index in [0.717, 1.165) is 0 Å². The fourth-order valence-corrected chi connectivity index (χ4v) is 0.737. The SMILES string of the molecule is CC(C)(C)C(=O)[O-].CCOC(=O)c1cc[c-]cc1.[Zn+2]. The zero-order valence-electron chi connectivity index (χ0n) is 11.9. The molecule has 0 aliphatic carbocycles. The van der Waals surface area contributed by atoms with Crippen LogP contribution in [0.15, 0.2) is 24.3 Å². The van der Waals surface area contributed by atoms with Crippen LogP contribution in [0.2, 0.25) is 0 Å². The first kappa shape index (κ1) is 20.1. The molecule has 0 aromatic heterocycles. The molecule has 4 nitrogen and oxygen atoms in total. The maximum atomic E-state index is 11.0. The molecule has 1 aromatic carbocycles. The molecule has 0 atom stereocenters. The van der Waals surface area contributed by atoms with Gasteiger partial charge in [-0.25, -0.2) is 4.79 Å². The maximum Gasteiger partial charge on any atom is 2.00 e. The van der Waals surface area contributed by atoms with Crippen LogP contribution < -0.4 is 5.11 Å². The Balaban J connectivity index is 0. The summed E-state index contributed by atoms with van der Waals surface area (Å²) in [6.07, 6.45) is 0. The van der Waals surface area contributed by atoms with Gasteiger partial charge in [-0.3, -0.25) is 0 Å². The van der Waals surface area contributed by atoms with E-state index in [2.05, 4.69) is 6.07 Å². The van der Waals surface area contributed by atoms with Gasteiger partial charge >= 0.3 is 25.4 Å². The summed E-state index contributed by atoms with van der Waals surface area (Å²) in [5, 5.41) is 9.91. The van der Waals surface area contributed by atoms with Gasteiger partial charge in [0.1, 0.15) is 0 Å². The van der Waals surface area contributed by atoms with Gasteiger partial charge in [-0.2, -0.15) is 30.3 Å². The van der Waals surface area contributed by atoms with Crippen LogP contribution in [0.5, 0.6) is 0 Å². The van der Waals surface area contributed by atoms with E-state index in [4.69, 9.17) is 4.74 Å². The quantitative estimate of drug-likeness (QED) is 0.470. The molecule has 0 radical (unpaired) electrons. The van der Waals surface area contributed by atoms with Crippen molar-refractivity contribution in [2.75, 3.05) is 6.61 Å². The Bertz CT molecular complexity index is 382. The van der Waals surface area contributed by atoms with Gasteiger partial charge in [0.05, 0.1) is 6.61 Å². The molecule has 19 heavy (non-hydrogen) atoms. The number of esters is 1. The number of carboxylic acids is 1. The van der Waals surface area contributed by atoms with Crippen LogP contribution in [0.1, 0.15) is 38.1 Å². The van der Waals surface area contributed by atoms with Gasteiger partial charge in [0.2, 0.25) is 0 Å². The van der Waals surface area contributed by atoms with Gasteiger partial charge in [0, 0.05) is 11.4 Å². The Kier molecular flexibility index (Phi) is 10.2. The van der Waals surface area contributed by atoms with Crippen LogP contribution in [0.25, 0.3) is 0 Å². The van der Waals surface area contributed by atoms with Crippen molar-refractivity contribution in [3.05, 3.63) is 35.9 Å². The summed E-state index contributed by atoms with van der Waals surface area (Å²) < 4.78 is 4.78. The van der Waals surface area contributed by atoms with Crippen molar-refractivity contribution in [2.45, 2.75) is 27.7 Å². The van der Waals surface area contributed by atoms with E-state index in [1.807, 2.05) is 0 Å². The normalized spacial score (nSPS) is 9.47. The number of carboxylic acid groups (broad SMARTS) is 1. The van der Waals surface area contributed by atoms with Gasteiger partial charge < -0.3 is 14.6 Å². The molecule has 0 heterocycles. The first-order valence-corrected chi connectivity index (χ1v) is 5.63. The molecular weight excluding hydrogens is 298 g/mol. The molecule has 0 amide bonds. The Labute approximate surface area is 126 Å². The van der Waals surface area contributed by atoms with Gasteiger partial charge in [-0.1, -0.05) is 20.8 Å². The first-order valence-electron chi connectivity index (χ1n) is 5.63. The third-order valence-corrected chi connectivity index (χ3v) is 1.84. The summed E-state index contributed by atoms with van der Waals surface area (Å²) in [6.45, 7) is 7.00. The number of rotatable bonds is 2. The fraction of sp³-hybridized carbons (Fsp3) is 0.429. The van der Waals surface area contributed by atoms with Crippen molar-refractivity contribution in [1.82, 2.24) is 0 Å². The van der Waals surface area contributed by atoms with Crippen molar-refractivity contribution in [3.63, 3.8) is 0 Å².